The van der Waals surface area contributed by atoms with Crippen molar-refractivity contribution in [2.24, 2.45) is 0 Å². The number of thiazole rings is 1. The van der Waals surface area contributed by atoms with Crippen LogP contribution in [0, 0.1) is 6.92 Å². The normalized spacial score (nSPS) is 13.5. The van der Waals surface area contributed by atoms with Crippen LogP contribution in [0.1, 0.15) is 18.5 Å². The van der Waals surface area contributed by atoms with Crippen LogP contribution < -0.4 is 15.0 Å². The highest BCUT2D eigenvalue weighted by molar-refractivity contribution is 7.13. The molecule has 1 aliphatic rings. The summed E-state index contributed by atoms with van der Waals surface area (Å²) >= 11 is 1.62. The maximum atomic E-state index is 12.2. The minimum absolute atomic E-state index is 0.0242. The second kappa shape index (κ2) is 8.44. The second-order valence-electron chi connectivity index (χ2n) is 6.90. The lowest BCUT2D eigenvalue weighted by Gasteiger charge is -2.17. The fraction of sp³-hybridized carbons (Fsp3) is 0.273. The van der Waals surface area contributed by atoms with Gasteiger partial charge in [0.25, 0.3) is 5.91 Å². The van der Waals surface area contributed by atoms with Gasteiger partial charge in [-0.15, -0.1) is 11.3 Å². The van der Waals surface area contributed by atoms with Gasteiger partial charge in [0.05, 0.1) is 0 Å². The lowest BCUT2D eigenvalue weighted by molar-refractivity contribution is -0.118. The zero-order valence-corrected chi connectivity index (χ0v) is 16.7. The fourth-order valence-electron chi connectivity index (χ4n) is 3.26. The van der Waals surface area contributed by atoms with Crippen LogP contribution in [0.25, 0.3) is 10.6 Å². The van der Waals surface area contributed by atoms with Gasteiger partial charge in [-0.05, 0) is 68.3 Å². The first-order valence-corrected chi connectivity index (χ1v) is 10.4. The van der Waals surface area contributed by atoms with E-state index < -0.39 is 0 Å². The van der Waals surface area contributed by atoms with Gasteiger partial charge in [0.1, 0.15) is 10.8 Å². The molecule has 0 radical (unpaired) electrons. The number of anilines is 2. The largest absolute Gasteiger partial charge is 0.484 e. The van der Waals surface area contributed by atoms with Gasteiger partial charge in [0, 0.05) is 41.1 Å². The third-order valence-electron chi connectivity index (χ3n) is 4.71. The lowest BCUT2D eigenvalue weighted by Crippen LogP contribution is -2.20. The number of aromatic nitrogens is 1. The van der Waals surface area contributed by atoms with E-state index in [1.54, 1.807) is 11.3 Å². The van der Waals surface area contributed by atoms with Crippen molar-refractivity contribution in [3.8, 4) is 16.3 Å². The van der Waals surface area contributed by atoms with Gasteiger partial charge in [-0.3, -0.25) is 4.79 Å². The Hall–Kier alpha value is -2.86. The van der Waals surface area contributed by atoms with Crippen LogP contribution in [0.15, 0.2) is 53.9 Å². The van der Waals surface area contributed by atoms with Crippen molar-refractivity contribution in [2.75, 3.05) is 29.9 Å². The number of carbonyl (C=O) groups is 1. The lowest BCUT2D eigenvalue weighted by atomic mass is 10.2. The van der Waals surface area contributed by atoms with Crippen LogP contribution >= 0.6 is 11.3 Å². The van der Waals surface area contributed by atoms with Gasteiger partial charge < -0.3 is 15.0 Å². The summed E-state index contributed by atoms with van der Waals surface area (Å²) in [6, 6.07) is 15.6. The van der Waals surface area contributed by atoms with Crippen molar-refractivity contribution < 1.29 is 9.53 Å². The molecule has 0 atom stereocenters. The SMILES string of the molecule is Cc1csc(-c2ccc(OCC(=O)Nc3ccc(N4CCCC4)cc3)cc2)n1. The number of nitrogens with one attached hydrogen (secondary N) is 1. The van der Waals surface area contributed by atoms with E-state index in [-0.39, 0.29) is 12.5 Å². The van der Waals surface area contributed by atoms with Crippen LogP contribution in [-0.4, -0.2) is 30.6 Å². The Morgan fingerprint density at radius 3 is 2.46 bits per heavy atom. The van der Waals surface area contributed by atoms with Crippen LogP contribution in [-0.2, 0) is 4.79 Å². The van der Waals surface area contributed by atoms with Gasteiger partial charge in [-0.1, -0.05) is 0 Å². The molecule has 0 saturated carbocycles. The van der Waals surface area contributed by atoms with Crippen LogP contribution in [0.2, 0.25) is 0 Å². The van der Waals surface area contributed by atoms with Crippen molar-refractivity contribution >= 4 is 28.6 Å². The van der Waals surface area contributed by atoms with E-state index in [9.17, 15) is 4.79 Å². The molecule has 2 aromatic carbocycles. The third kappa shape index (κ3) is 4.51. The number of rotatable bonds is 6. The molecule has 1 aliphatic heterocycles. The molecule has 0 spiro atoms. The number of carbonyl (C=O) groups excluding carboxylic acids is 1. The topological polar surface area (TPSA) is 54.5 Å². The fourth-order valence-corrected chi connectivity index (χ4v) is 4.06. The minimum Gasteiger partial charge on any atom is -0.484 e. The highest BCUT2D eigenvalue weighted by Crippen LogP contribution is 2.25. The number of benzene rings is 2. The smallest absolute Gasteiger partial charge is 0.262 e. The van der Waals surface area contributed by atoms with Gasteiger partial charge in [-0.25, -0.2) is 4.98 Å². The van der Waals surface area contributed by atoms with Gasteiger partial charge in [-0.2, -0.15) is 0 Å². The van der Waals surface area contributed by atoms with E-state index in [1.807, 2.05) is 48.7 Å². The average molecular weight is 394 g/mol. The van der Waals surface area contributed by atoms with Crippen molar-refractivity contribution in [1.82, 2.24) is 4.98 Å². The Bertz CT molecular complexity index is 929. The zero-order chi connectivity index (χ0) is 19.3. The number of nitrogens with zero attached hydrogens (tertiary/aromatic N) is 2. The molecule has 6 heteroatoms. The Labute approximate surface area is 169 Å². The van der Waals surface area contributed by atoms with E-state index >= 15 is 0 Å². The van der Waals surface area contributed by atoms with Crippen LogP contribution in [0.5, 0.6) is 5.75 Å². The zero-order valence-electron chi connectivity index (χ0n) is 15.9. The number of hydrogen-bond donors (Lipinski definition) is 1. The maximum absolute atomic E-state index is 12.2. The summed E-state index contributed by atoms with van der Waals surface area (Å²) in [7, 11) is 0. The summed E-state index contributed by atoms with van der Waals surface area (Å²) in [5.41, 5.74) is 4.06. The standard InChI is InChI=1S/C22H23N3O2S/c1-16-15-28-22(23-16)17-4-10-20(11-5-17)27-14-21(26)24-18-6-8-19(9-7-18)25-12-2-3-13-25/h4-11,15H,2-3,12-14H2,1H3,(H,24,26). The quantitative estimate of drug-likeness (QED) is 0.657. The molecule has 1 saturated heterocycles. The van der Waals surface area contributed by atoms with E-state index in [0.717, 1.165) is 35.0 Å². The molecule has 0 bridgehead atoms. The molecule has 3 aromatic rings. The van der Waals surface area contributed by atoms with Crippen molar-refractivity contribution in [1.29, 1.82) is 0 Å². The predicted molar refractivity (Wildman–Crippen MR) is 114 cm³/mol. The molecule has 1 aromatic heterocycles. The van der Waals surface area contributed by atoms with E-state index in [4.69, 9.17) is 4.74 Å². The number of aryl methyl sites for hydroxylation is 1. The molecule has 144 valence electrons. The first-order valence-electron chi connectivity index (χ1n) is 9.47. The van der Waals surface area contributed by atoms with E-state index in [0.29, 0.717) is 5.75 Å². The summed E-state index contributed by atoms with van der Waals surface area (Å²) in [5.74, 6) is 0.491. The summed E-state index contributed by atoms with van der Waals surface area (Å²) in [5, 5.41) is 5.89. The first-order chi connectivity index (χ1) is 13.7. The predicted octanol–water partition coefficient (Wildman–Crippen LogP) is 4.74. The average Bonchev–Trinajstić information content (AvgIpc) is 3.39. The Kier molecular flexibility index (Phi) is 5.58. The van der Waals surface area contributed by atoms with Crippen molar-refractivity contribution in [3.05, 3.63) is 59.6 Å². The molecular formula is C22H23N3O2S. The minimum atomic E-state index is -0.173. The second-order valence-corrected chi connectivity index (χ2v) is 7.75. The molecule has 1 N–H and O–H groups in total. The molecule has 1 amide bonds. The number of hydrogen-bond acceptors (Lipinski definition) is 5. The number of amides is 1. The highest BCUT2D eigenvalue weighted by Gasteiger charge is 2.12. The number of ether oxygens (including phenoxy) is 1. The Balaban J connectivity index is 1.28. The summed E-state index contributed by atoms with van der Waals surface area (Å²) in [4.78, 5) is 19.0. The molecule has 0 aliphatic carbocycles. The van der Waals surface area contributed by atoms with Crippen LogP contribution in [0.4, 0.5) is 11.4 Å². The van der Waals surface area contributed by atoms with E-state index in [2.05, 4.69) is 27.3 Å². The molecule has 5 nitrogen and oxygen atoms in total. The van der Waals surface area contributed by atoms with Crippen molar-refractivity contribution in [3.63, 3.8) is 0 Å². The Morgan fingerprint density at radius 2 is 1.82 bits per heavy atom. The molecule has 28 heavy (non-hydrogen) atoms. The molecular weight excluding hydrogens is 370 g/mol. The van der Waals surface area contributed by atoms with Gasteiger partial charge in [0.2, 0.25) is 0 Å². The molecule has 2 heterocycles. The Morgan fingerprint density at radius 1 is 1.11 bits per heavy atom. The molecule has 1 fully saturated rings. The maximum Gasteiger partial charge on any atom is 0.262 e. The molecule has 0 unspecified atom stereocenters. The summed E-state index contributed by atoms with van der Waals surface area (Å²) in [6.45, 7) is 4.18. The summed E-state index contributed by atoms with van der Waals surface area (Å²) < 4.78 is 5.60. The monoisotopic (exact) mass is 393 g/mol. The van der Waals surface area contributed by atoms with Gasteiger partial charge >= 0.3 is 0 Å². The molecule has 4 rings (SSSR count). The highest BCUT2D eigenvalue weighted by atomic mass is 32.1. The summed E-state index contributed by atoms with van der Waals surface area (Å²) in [6.07, 6.45) is 2.50. The van der Waals surface area contributed by atoms with Crippen molar-refractivity contribution in [2.45, 2.75) is 19.8 Å². The van der Waals surface area contributed by atoms with Gasteiger partial charge in [0.15, 0.2) is 6.61 Å². The first kappa shape index (κ1) is 18.5. The van der Waals surface area contributed by atoms with E-state index in [1.165, 1.54) is 18.5 Å². The third-order valence-corrected chi connectivity index (χ3v) is 5.72. The van der Waals surface area contributed by atoms with Crippen LogP contribution in [0.3, 0.4) is 0 Å².